The van der Waals surface area contributed by atoms with Gasteiger partial charge in [-0.05, 0) is 13.0 Å². The molecule has 0 aliphatic rings. The Balaban J connectivity index is 3.26. The van der Waals surface area contributed by atoms with Crippen LogP contribution in [0.2, 0.25) is 0 Å². The lowest BCUT2D eigenvalue weighted by atomic mass is 10.2. The van der Waals surface area contributed by atoms with E-state index in [0.29, 0.717) is 5.69 Å². The smallest absolute Gasteiger partial charge is 0.258 e. The minimum absolute atomic E-state index is 0.334. The highest BCUT2D eigenvalue weighted by atomic mass is 19.3. The van der Waals surface area contributed by atoms with Gasteiger partial charge in [-0.2, -0.15) is 0 Å². The van der Waals surface area contributed by atoms with Crippen molar-refractivity contribution in [1.82, 2.24) is 4.98 Å². The normalized spacial score (nSPS) is 10.5. The Morgan fingerprint density at radius 3 is 2.69 bits per heavy atom. The van der Waals surface area contributed by atoms with Crippen LogP contribution in [0.15, 0.2) is 12.3 Å². The van der Waals surface area contributed by atoms with Crippen molar-refractivity contribution < 1.29 is 13.7 Å². The second kappa shape index (κ2) is 3.42. The van der Waals surface area contributed by atoms with Crippen molar-refractivity contribution in [2.45, 2.75) is 13.3 Å². The summed E-state index contributed by atoms with van der Waals surface area (Å²) in [6, 6.07) is 1.02. The average Bonchev–Trinajstić information content (AvgIpc) is 2.03. The van der Waals surface area contributed by atoms with Gasteiger partial charge in [0.15, 0.2) is 0 Å². The third kappa shape index (κ3) is 1.95. The van der Waals surface area contributed by atoms with E-state index in [9.17, 15) is 18.9 Å². The Labute approximate surface area is 72.4 Å². The van der Waals surface area contributed by atoms with Crippen molar-refractivity contribution in [2.24, 2.45) is 0 Å². The van der Waals surface area contributed by atoms with Gasteiger partial charge in [0.1, 0.15) is 6.20 Å². The summed E-state index contributed by atoms with van der Waals surface area (Å²) in [6.07, 6.45) is -2.00. The van der Waals surface area contributed by atoms with Crippen LogP contribution in [-0.4, -0.2) is 9.91 Å². The van der Waals surface area contributed by atoms with Gasteiger partial charge < -0.3 is 0 Å². The largest absolute Gasteiger partial charge is 0.296 e. The molecule has 1 rings (SSSR count). The lowest BCUT2D eigenvalue weighted by Gasteiger charge is -2.01. The number of hydrogen-bond acceptors (Lipinski definition) is 3. The van der Waals surface area contributed by atoms with Crippen molar-refractivity contribution >= 4 is 5.69 Å². The minimum atomic E-state index is -2.85. The standard InChI is InChI=1S/C7H6F2N2O2/c1-4-2-5(7(8)9)6(3-10-4)11(12)13/h2-3,7H,1H3. The average molecular weight is 188 g/mol. The molecule has 0 bridgehead atoms. The van der Waals surface area contributed by atoms with Crippen LogP contribution < -0.4 is 0 Å². The zero-order valence-electron chi connectivity index (χ0n) is 6.70. The van der Waals surface area contributed by atoms with E-state index in [1.165, 1.54) is 6.92 Å². The van der Waals surface area contributed by atoms with E-state index in [-0.39, 0.29) is 0 Å². The second-order valence-electron chi connectivity index (χ2n) is 2.44. The number of pyridine rings is 1. The number of alkyl halides is 2. The van der Waals surface area contributed by atoms with Gasteiger partial charge in [0.05, 0.1) is 10.5 Å². The van der Waals surface area contributed by atoms with E-state index in [4.69, 9.17) is 0 Å². The molecule has 0 N–H and O–H groups in total. The molecule has 0 unspecified atom stereocenters. The fourth-order valence-electron chi connectivity index (χ4n) is 0.901. The van der Waals surface area contributed by atoms with E-state index in [2.05, 4.69) is 4.98 Å². The Morgan fingerprint density at radius 1 is 1.62 bits per heavy atom. The topological polar surface area (TPSA) is 56.0 Å². The van der Waals surface area contributed by atoms with E-state index >= 15 is 0 Å². The molecular weight excluding hydrogens is 182 g/mol. The highest BCUT2D eigenvalue weighted by Crippen LogP contribution is 2.28. The molecule has 0 aromatic carbocycles. The Morgan fingerprint density at radius 2 is 2.23 bits per heavy atom. The van der Waals surface area contributed by atoms with Crippen LogP contribution in [-0.2, 0) is 0 Å². The van der Waals surface area contributed by atoms with Crippen molar-refractivity contribution in [1.29, 1.82) is 0 Å². The molecule has 1 aromatic rings. The van der Waals surface area contributed by atoms with Gasteiger partial charge in [0.2, 0.25) is 0 Å². The molecule has 0 saturated carbocycles. The quantitative estimate of drug-likeness (QED) is 0.528. The molecule has 0 atom stereocenters. The zero-order valence-corrected chi connectivity index (χ0v) is 6.70. The molecule has 1 heterocycles. The second-order valence-corrected chi connectivity index (χ2v) is 2.44. The predicted octanol–water partition coefficient (Wildman–Crippen LogP) is 2.24. The highest BCUT2D eigenvalue weighted by Gasteiger charge is 2.21. The van der Waals surface area contributed by atoms with Crippen LogP contribution in [0.25, 0.3) is 0 Å². The first-order valence-electron chi connectivity index (χ1n) is 3.41. The summed E-state index contributed by atoms with van der Waals surface area (Å²) in [7, 11) is 0. The number of nitrogens with zero attached hydrogens (tertiary/aromatic N) is 2. The number of hydrogen-bond donors (Lipinski definition) is 0. The van der Waals surface area contributed by atoms with Gasteiger partial charge in [-0.25, -0.2) is 8.78 Å². The number of halogens is 2. The molecule has 0 aliphatic carbocycles. The summed E-state index contributed by atoms with van der Waals surface area (Å²) in [5.74, 6) is 0. The number of aromatic nitrogens is 1. The number of nitro groups is 1. The van der Waals surface area contributed by atoms with Gasteiger partial charge in [0.25, 0.3) is 12.1 Å². The molecule has 1 aromatic heterocycles. The van der Waals surface area contributed by atoms with Crippen LogP contribution >= 0.6 is 0 Å². The number of rotatable bonds is 2. The molecule has 70 valence electrons. The Bertz CT molecular complexity index is 341. The molecular formula is C7H6F2N2O2. The number of aryl methyl sites for hydroxylation is 1. The first-order chi connectivity index (χ1) is 6.02. The first kappa shape index (κ1) is 9.50. The molecule has 13 heavy (non-hydrogen) atoms. The third-order valence-corrected chi connectivity index (χ3v) is 1.48. The van der Waals surface area contributed by atoms with Gasteiger partial charge in [-0.1, -0.05) is 0 Å². The monoisotopic (exact) mass is 188 g/mol. The summed E-state index contributed by atoms with van der Waals surface area (Å²) < 4.78 is 24.5. The van der Waals surface area contributed by atoms with Gasteiger partial charge in [0, 0.05) is 5.69 Å². The van der Waals surface area contributed by atoms with Crippen molar-refractivity contribution in [3.05, 3.63) is 33.6 Å². The van der Waals surface area contributed by atoms with Crippen molar-refractivity contribution in [3.63, 3.8) is 0 Å². The summed E-state index contributed by atoms with van der Waals surface area (Å²) >= 11 is 0. The molecule has 0 amide bonds. The maximum Gasteiger partial charge on any atom is 0.296 e. The van der Waals surface area contributed by atoms with Gasteiger partial charge >= 0.3 is 0 Å². The lowest BCUT2D eigenvalue weighted by Crippen LogP contribution is -1.98. The third-order valence-electron chi connectivity index (χ3n) is 1.48. The first-order valence-corrected chi connectivity index (χ1v) is 3.41. The fourth-order valence-corrected chi connectivity index (χ4v) is 0.901. The minimum Gasteiger partial charge on any atom is -0.258 e. The summed E-state index contributed by atoms with van der Waals surface area (Å²) in [6.45, 7) is 1.50. The molecule has 0 fully saturated rings. The van der Waals surface area contributed by atoms with Crippen LogP contribution in [0.1, 0.15) is 17.7 Å². The van der Waals surface area contributed by atoms with Crippen LogP contribution in [0.5, 0.6) is 0 Å². The lowest BCUT2D eigenvalue weighted by molar-refractivity contribution is -0.386. The van der Waals surface area contributed by atoms with E-state index in [1.54, 1.807) is 0 Å². The van der Waals surface area contributed by atoms with Crippen LogP contribution in [0.3, 0.4) is 0 Å². The van der Waals surface area contributed by atoms with Crippen molar-refractivity contribution in [3.8, 4) is 0 Å². The van der Waals surface area contributed by atoms with E-state index in [1.807, 2.05) is 0 Å². The SMILES string of the molecule is Cc1cc(C(F)F)c([N+](=O)[O-])cn1. The molecule has 6 heteroatoms. The highest BCUT2D eigenvalue weighted by molar-refractivity contribution is 5.39. The van der Waals surface area contributed by atoms with Crippen molar-refractivity contribution in [2.75, 3.05) is 0 Å². The molecule has 4 nitrogen and oxygen atoms in total. The predicted molar refractivity (Wildman–Crippen MR) is 40.6 cm³/mol. The molecule has 0 aliphatic heterocycles. The Hall–Kier alpha value is -1.59. The Kier molecular flexibility index (Phi) is 2.50. The van der Waals surface area contributed by atoms with E-state index in [0.717, 1.165) is 12.3 Å². The summed E-state index contributed by atoms with van der Waals surface area (Å²) in [5, 5.41) is 10.3. The van der Waals surface area contributed by atoms with Gasteiger partial charge in [-0.15, -0.1) is 0 Å². The van der Waals surface area contributed by atoms with Gasteiger partial charge in [-0.3, -0.25) is 15.1 Å². The van der Waals surface area contributed by atoms with Crippen LogP contribution in [0, 0.1) is 17.0 Å². The maximum absolute atomic E-state index is 12.2. The molecule has 0 saturated heterocycles. The fraction of sp³-hybridized carbons (Fsp3) is 0.286. The van der Waals surface area contributed by atoms with E-state index < -0.39 is 22.6 Å². The molecule has 0 spiro atoms. The summed E-state index contributed by atoms with van der Waals surface area (Å²) in [4.78, 5) is 13.0. The zero-order chi connectivity index (χ0) is 10.0. The maximum atomic E-state index is 12.2. The summed E-state index contributed by atoms with van der Waals surface area (Å²) in [5.41, 5.74) is -0.890. The van der Waals surface area contributed by atoms with Crippen LogP contribution in [0.4, 0.5) is 14.5 Å². The molecule has 0 radical (unpaired) electrons.